The zero-order valence-corrected chi connectivity index (χ0v) is 10.6. The molecule has 1 atom stereocenters. The Balaban J connectivity index is 1.87. The monoisotopic (exact) mass is 251 g/mol. The van der Waals surface area contributed by atoms with E-state index in [2.05, 4.69) is 4.90 Å². The van der Waals surface area contributed by atoms with Gasteiger partial charge in [0.2, 0.25) is 0 Å². The molecule has 0 saturated carbocycles. The molecule has 1 unspecified atom stereocenters. The van der Waals surface area contributed by atoms with Gasteiger partial charge in [0.1, 0.15) is 5.82 Å². The lowest BCUT2D eigenvalue weighted by Crippen LogP contribution is -2.43. The van der Waals surface area contributed by atoms with Gasteiger partial charge in [-0.15, -0.1) is 0 Å². The third kappa shape index (κ3) is 3.62. The molecule has 1 heterocycles. The maximum absolute atomic E-state index is 13.4. The second kappa shape index (κ2) is 6.07. The average Bonchev–Trinajstić information content (AvgIpc) is 2.32. The van der Waals surface area contributed by atoms with Crippen molar-refractivity contribution in [3.63, 3.8) is 0 Å². The predicted molar refractivity (Wildman–Crippen MR) is 67.0 cm³/mol. The zero-order chi connectivity index (χ0) is 13.0. The fourth-order valence-corrected chi connectivity index (χ4v) is 2.19. The van der Waals surface area contributed by atoms with E-state index in [1.165, 1.54) is 6.07 Å². The molecule has 0 spiro atoms. The molecule has 4 heteroatoms. The van der Waals surface area contributed by atoms with E-state index in [9.17, 15) is 9.18 Å². The van der Waals surface area contributed by atoms with Crippen LogP contribution in [0.4, 0.5) is 4.39 Å². The minimum Gasteiger partial charge on any atom is -0.376 e. The van der Waals surface area contributed by atoms with Crippen molar-refractivity contribution in [3.8, 4) is 0 Å². The molecule has 1 aromatic rings. The second-order valence-electron chi connectivity index (χ2n) is 4.72. The molecule has 2 rings (SSSR count). The number of ether oxygens (including phenoxy) is 1. The summed E-state index contributed by atoms with van der Waals surface area (Å²) >= 11 is 0. The van der Waals surface area contributed by atoms with E-state index in [1.807, 2.05) is 6.92 Å². The van der Waals surface area contributed by atoms with Gasteiger partial charge in [0.25, 0.3) is 0 Å². The van der Waals surface area contributed by atoms with E-state index < -0.39 is 0 Å². The van der Waals surface area contributed by atoms with Gasteiger partial charge in [-0.05, 0) is 18.6 Å². The molecule has 0 aliphatic carbocycles. The van der Waals surface area contributed by atoms with Crippen molar-refractivity contribution in [2.24, 2.45) is 0 Å². The molecule has 0 amide bonds. The van der Waals surface area contributed by atoms with Crippen molar-refractivity contribution in [1.82, 2.24) is 4.90 Å². The molecule has 1 aromatic carbocycles. The minimum atomic E-state index is -0.304. The van der Waals surface area contributed by atoms with Gasteiger partial charge in [-0.3, -0.25) is 9.69 Å². The van der Waals surface area contributed by atoms with Crippen LogP contribution >= 0.6 is 0 Å². The number of halogens is 1. The summed E-state index contributed by atoms with van der Waals surface area (Å²) in [5.74, 6) is -0.254. The molecule has 98 valence electrons. The lowest BCUT2D eigenvalue weighted by molar-refractivity contribution is -0.121. The van der Waals surface area contributed by atoms with Gasteiger partial charge in [-0.25, -0.2) is 4.39 Å². The molecular formula is C14H18FNO2. The summed E-state index contributed by atoms with van der Waals surface area (Å²) in [7, 11) is 0. The highest BCUT2D eigenvalue weighted by Gasteiger charge is 2.19. The van der Waals surface area contributed by atoms with Crippen LogP contribution in [0, 0.1) is 5.82 Å². The first-order valence-corrected chi connectivity index (χ1v) is 6.24. The first-order valence-electron chi connectivity index (χ1n) is 6.24. The topological polar surface area (TPSA) is 29.5 Å². The number of benzene rings is 1. The maximum Gasteiger partial charge on any atom is 0.151 e. The number of hydrogen-bond acceptors (Lipinski definition) is 3. The zero-order valence-electron chi connectivity index (χ0n) is 10.6. The highest BCUT2D eigenvalue weighted by Crippen LogP contribution is 2.09. The van der Waals surface area contributed by atoms with Crippen LogP contribution < -0.4 is 0 Å². The first kappa shape index (κ1) is 13.2. The van der Waals surface area contributed by atoms with E-state index in [0.29, 0.717) is 18.7 Å². The number of ketones is 1. The molecule has 1 aliphatic heterocycles. The molecular weight excluding hydrogens is 233 g/mol. The second-order valence-corrected chi connectivity index (χ2v) is 4.72. The number of rotatable bonds is 4. The van der Waals surface area contributed by atoms with E-state index in [-0.39, 0.29) is 24.1 Å². The molecule has 0 N–H and O–H groups in total. The van der Waals surface area contributed by atoms with Crippen LogP contribution in [-0.2, 0) is 16.0 Å². The molecule has 0 radical (unpaired) electrons. The van der Waals surface area contributed by atoms with Crippen molar-refractivity contribution in [1.29, 1.82) is 0 Å². The van der Waals surface area contributed by atoms with Gasteiger partial charge in [-0.1, -0.05) is 18.2 Å². The van der Waals surface area contributed by atoms with Crippen LogP contribution in [-0.4, -0.2) is 43.0 Å². The van der Waals surface area contributed by atoms with E-state index in [0.717, 1.165) is 13.1 Å². The third-order valence-electron chi connectivity index (χ3n) is 3.07. The van der Waals surface area contributed by atoms with Crippen LogP contribution in [0.1, 0.15) is 12.5 Å². The van der Waals surface area contributed by atoms with Crippen LogP contribution in [0.3, 0.4) is 0 Å². The molecule has 1 fully saturated rings. The number of morpholine rings is 1. The van der Waals surface area contributed by atoms with E-state index >= 15 is 0 Å². The number of nitrogens with zero attached hydrogens (tertiary/aromatic N) is 1. The number of hydrogen-bond donors (Lipinski definition) is 0. The van der Waals surface area contributed by atoms with Crippen LogP contribution in [0.25, 0.3) is 0 Å². The van der Waals surface area contributed by atoms with Crippen molar-refractivity contribution in [3.05, 3.63) is 35.6 Å². The quantitative estimate of drug-likeness (QED) is 0.815. The van der Waals surface area contributed by atoms with Gasteiger partial charge < -0.3 is 4.74 Å². The highest BCUT2D eigenvalue weighted by atomic mass is 19.1. The highest BCUT2D eigenvalue weighted by molar-refractivity contribution is 5.82. The van der Waals surface area contributed by atoms with Gasteiger partial charge >= 0.3 is 0 Å². The maximum atomic E-state index is 13.4. The Morgan fingerprint density at radius 1 is 1.50 bits per heavy atom. The molecule has 1 aliphatic rings. The number of carbonyl (C=O) groups is 1. The Morgan fingerprint density at radius 2 is 2.28 bits per heavy atom. The summed E-state index contributed by atoms with van der Waals surface area (Å²) in [5, 5.41) is 0. The largest absolute Gasteiger partial charge is 0.376 e. The first-order chi connectivity index (χ1) is 8.65. The Morgan fingerprint density at radius 3 is 3.00 bits per heavy atom. The summed E-state index contributed by atoms with van der Waals surface area (Å²) in [6, 6.07) is 6.43. The van der Waals surface area contributed by atoms with Crippen molar-refractivity contribution < 1.29 is 13.9 Å². The third-order valence-corrected chi connectivity index (χ3v) is 3.07. The lowest BCUT2D eigenvalue weighted by Gasteiger charge is -2.30. The van der Waals surface area contributed by atoms with Gasteiger partial charge in [0.15, 0.2) is 5.78 Å². The normalized spacial score (nSPS) is 20.9. The molecule has 0 aromatic heterocycles. The van der Waals surface area contributed by atoms with Gasteiger partial charge in [-0.2, -0.15) is 0 Å². The van der Waals surface area contributed by atoms with Crippen molar-refractivity contribution >= 4 is 5.78 Å². The fraction of sp³-hybridized carbons (Fsp3) is 0.500. The van der Waals surface area contributed by atoms with E-state index in [4.69, 9.17) is 4.74 Å². The SMILES string of the molecule is CC1CN(CC(=O)Cc2ccccc2F)CCO1. The van der Waals surface area contributed by atoms with Crippen molar-refractivity contribution in [2.75, 3.05) is 26.2 Å². The van der Waals surface area contributed by atoms with Crippen LogP contribution in [0.2, 0.25) is 0 Å². The Bertz CT molecular complexity index is 422. The summed E-state index contributed by atoms with van der Waals surface area (Å²) in [6.45, 7) is 4.57. The summed E-state index contributed by atoms with van der Waals surface area (Å²) in [6.07, 6.45) is 0.332. The predicted octanol–water partition coefficient (Wildman–Crippen LogP) is 1.66. The van der Waals surface area contributed by atoms with Crippen LogP contribution in [0.15, 0.2) is 24.3 Å². The van der Waals surface area contributed by atoms with Crippen LogP contribution in [0.5, 0.6) is 0 Å². The summed E-state index contributed by atoms with van der Waals surface area (Å²) in [4.78, 5) is 14.0. The van der Waals surface area contributed by atoms with Crippen molar-refractivity contribution in [2.45, 2.75) is 19.4 Å². The minimum absolute atomic E-state index is 0.0502. The molecule has 3 nitrogen and oxygen atoms in total. The standard InChI is InChI=1S/C14H18FNO2/c1-11-9-16(6-7-18-11)10-13(17)8-12-4-2-3-5-14(12)15/h2-5,11H,6-10H2,1H3. The molecule has 0 bridgehead atoms. The smallest absolute Gasteiger partial charge is 0.151 e. The summed E-state index contributed by atoms with van der Waals surface area (Å²) in [5.41, 5.74) is 0.476. The lowest BCUT2D eigenvalue weighted by atomic mass is 10.1. The fourth-order valence-electron chi connectivity index (χ4n) is 2.19. The Kier molecular flexibility index (Phi) is 4.44. The molecule has 1 saturated heterocycles. The number of carbonyl (C=O) groups excluding carboxylic acids is 1. The van der Waals surface area contributed by atoms with Gasteiger partial charge in [0, 0.05) is 19.5 Å². The number of Topliss-reactive ketones (excluding diaryl/α,β-unsaturated/α-hetero) is 1. The Labute approximate surface area is 107 Å². The summed E-state index contributed by atoms with van der Waals surface area (Å²) < 4.78 is 18.8. The molecule has 18 heavy (non-hydrogen) atoms. The van der Waals surface area contributed by atoms with Gasteiger partial charge in [0.05, 0.1) is 19.3 Å². The average molecular weight is 251 g/mol. The van der Waals surface area contributed by atoms with E-state index in [1.54, 1.807) is 18.2 Å². The Hall–Kier alpha value is -1.26.